The molecule has 1 fully saturated rings. The molecule has 0 spiro atoms. The first-order valence-corrected chi connectivity index (χ1v) is 11.1. The Hall–Kier alpha value is -2.58. The van der Waals surface area contributed by atoms with Crippen LogP contribution in [0.3, 0.4) is 0 Å². The van der Waals surface area contributed by atoms with Gasteiger partial charge in [-0.1, -0.05) is 36.1 Å². The van der Waals surface area contributed by atoms with Crippen molar-refractivity contribution in [3.8, 4) is 5.75 Å². The maximum atomic E-state index is 12.5. The number of ether oxygens (including phenoxy) is 1. The number of rotatable bonds is 6. The third-order valence-electron chi connectivity index (χ3n) is 4.78. The van der Waals surface area contributed by atoms with E-state index in [9.17, 15) is 9.59 Å². The smallest absolute Gasteiger partial charge is 0.255 e. The molecule has 1 saturated heterocycles. The normalized spacial score (nSPS) is 14.1. The summed E-state index contributed by atoms with van der Waals surface area (Å²) in [5, 5.41) is 5.41. The van der Waals surface area contributed by atoms with Crippen molar-refractivity contribution in [3.63, 3.8) is 0 Å². The second kappa shape index (κ2) is 10.4. The van der Waals surface area contributed by atoms with Crippen LogP contribution in [0.4, 0.5) is 11.4 Å². The lowest BCUT2D eigenvalue weighted by atomic mass is 10.2. The second-order valence-electron chi connectivity index (χ2n) is 6.94. The lowest BCUT2D eigenvalue weighted by molar-refractivity contribution is -0.115. The molecule has 8 heteroatoms. The molecule has 0 bridgehead atoms. The molecule has 0 saturated carbocycles. The fourth-order valence-corrected chi connectivity index (χ4v) is 4.49. The van der Waals surface area contributed by atoms with E-state index in [1.807, 2.05) is 19.1 Å². The monoisotopic (exact) mass is 443 g/mol. The molecule has 1 atom stereocenters. The molecule has 30 heavy (non-hydrogen) atoms. The molecule has 2 N–H and O–H groups in total. The van der Waals surface area contributed by atoms with E-state index in [0.717, 1.165) is 30.3 Å². The number of hydrogen-bond donors (Lipinski definition) is 2. The van der Waals surface area contributed by atoms with Crippen molar-refractivity contribution in [2.45, 2.75) is 25.0 Å². The minimum Gasteiger partial charge on any atom is -0.495 e. The zero-order chi connectivity index (χ0) is 21.5. The van der Waals surface area contributed by atoms with Crippen LogP contribution >= 0.6 is 24.0 Å². The van der Waals surface area contributed by atoms with Crippen LogP contribution < -0.4 is 15.4 Å². The maximum absolute atomic E-state index is 12.5. The summed E-state index contributed by atoms with van der Waals surface area (Å²) in [6, 6.07) is 14.0. The molecular weight excluding hydrogens is 418 g/mol. The van der Waals surface area contributed by atoms with Gasteiger partial charge in [0.25, 0.3) is 5.91 Å². The van der Waals surface area contributed by atoms with Gasteiger partial charge in [0.05, 0.1) is 18.0 Å². The predicted octanol–water partition coefficient (Wildman–Crippen LogP) is 4.39. The predicted molar refractivity (Wildman–Crippen MR) is 126 cm³/mol. The third-order valence-corrected chi connectivity index (χ3v) is 6.36. The van der Waals surface area contributed by atoms with Crippen molar-refractivity contribution >= 4 is 51.5 Å². The van der Waals surface area contributed by atoms with E-state index < -0.39 is 0 Å². The number of methoxy groups -OCH3 is 1. The summed E-state index contributed by atoms with van der Waals surface area (Å²) in [6.07, 6.45) is 2.30. The van der Waals surface area contributed by atoms with E-state index in [0.29, 0.717) is 22.7 Å². The zero-order valence-electron chi connectivity index (χ0n) is 17.0. The van der Waals surface area contributed by atoms with Gasteiger partial charge in [-0.2, -0.15) is 0 Å². The van der Waals surface area contributed by atoms with Crippen LogP contribution in [-0.2, 0) is 4.79 Å². The number of nitrogens with one attached hydrogen (secondary N) is 2. The summed E-state index contributed by atoms with van der Waals surface area (Å²) in [4.78, 5) is 27.1. The summed E-state index contributed by atoms with van der Waals surface area (Å²) < 4.78 is 6.03. The molecule has 1 heterocycles. The van der Waals surface area contributed by atoms with Gasteiger partial charge in [0, 0.05) is 24.3 Å². The van der Waals surface area contributed by atoms with Gasteiger partial charge in [0.15, 0.2) is 0 Å². The Bertz CT molecular complexity index is 912. The van der Waals surface area contributed by atoms with Gasteiger partial charge < -0.3 is 20.3 Å². The van der Waals surface area contributed by atoms with Gasteiger partial charge in [-0.3, -0.25) is 9.59 Å². The van der Waals surface area contributed by atoms with E-state index in [1.54, 1.807) is 43.5 Å². The van der Waals surface area contributed by atoms with Gasteiger partial charge in [-0.05, 0) is 56.2 Å². The Morgan fingerprint density at radius 2 is 1.73 bits per heavy atom. The SMILES string of the molecule is COc1ccccc1NC(=O)c1ccc(NC(=O)C(C)SC(=S)N2CCCC2)cc1. The lowest BCUT2D eigenvalue weighted by Gasteiger charge is -2.20. The van der Waals surface area contributed by atoms with Crippen molar-refractivity contribution in [1.29, 1.82) is 0 Å². The van der Waals surface area contributed by atoms with Crippen molar-refractivity contribution in [2.24, 2.45) is 0 Å². The van der Waals surface area contributed by atoms with E-state index in [2.05, 4.69) is 15.5 Å². The molecule has 2 aromatic rings. The van der Waals surface area contributed by atoms with Gasteiger partial charge in [-0.15, -0.1) is 0 Å². The lowest BCUT2D eigenvalue weighted by Crippen LogP contribution is -2.29. The molecule has 0 aromatic heterocycles. The number of thioether (sulfide) groups is 1. The Kier molecular flexibility index (Phi) is 7.70. The molecule has 6 nitrogen and oxygen atoms in total. The van der Waals surface area contributed by atoms with Crippen LogP contribution in [0.2, 0.25) is 0 Å². The van der Waals surface area contributed by atoms with E-state index >= 15 is 0 Å². The minimum absolute atomic E-state index is 0.118. The third kappa shape index (κ3) is 5.73. The summed E-state index contributed by atoms with van der Waals surface area (Å²) >= 11 is 6.85. The number of benzene rings is 2. The first-order chi connectivity index (χ1) is 14.5. The summed E-state index contributed by atoms with van der Waals surface area (Å²) in [5.41, 5.74) is 1.71. The Balaban J connectivity index is 1.55. The highest BCUT2D eigenvalue weighted by atomic mass is 32.2. The molecule has 158 valence electrons. The zero-order valence-corrected chi connectivity index (χ0v) is 18.6. The van der Waals surface area contributed by atoms with Crippen LogP contribution in [0, 0.1) is 0 Å². The van der Waals surface area contributed by atoms with Crippen LogP contribution in [0.25, 0.3) is 0 Å². The van der Waals surface area contributed by atoms with Crippen LogP contribution in [0.15, 0.2) is 48.5 Å². The minimum atomic E-state index is -0.299. The van der Waals surface area contributed by atoms with Crippen LogP contribution in [-0.4, -0.2) is 46.5 Å². The molecule has 1 aliphatic heterocycles. The van der Waals surface area contributed by atoms with E-state index in [1.165, 1.54) is 11.8 Å². The van der Waals surface area contributed by atoms with Crippen LogP contribution in [0.5, 0.6) is 5.75 Å². The molecule has 2 amide bonds. The number of carbonyl (C=O) groups excluding carboxylic acids is 2. The summed E-state index contributed by atoms with van der Waals surface area (Å²) in [5.74, 6) is 0.220. The highest BCUT2D eigenvalue weighted by Crippen LogP contribution is 2.24. The first kappa shape index (κ1) is 22.1. The number of hydrogen-bond acceptors (Lipinski definition) is 5. The van der Waals surface area contributed by atoms with Crippen LogP contribution in [0.1, 0.15) is 30.1 Å². The molecule has 1 unspecified atom stereocenters. The van der Waals surface area contributed by atoms with Gasteiger partial charge in [-0.25, -0.2) is 0 Å². The molecule has 1 aliphatic rings. The number of likely N-dealkylation sites (tertiary alicyclic amines) is 1. The van der Waals surface area contributed by atoms with Gasteiger partial charge in [0.1, 0.15) is 10.1 Å². The number of anilines is 2. The number of para-hydroxylation sites is 2. The van der Waals surface area contributed by atoms with E-state index in [-0.39, 0.29) is 17.1 Å². The number of amides is 2. The Labute approximate surface area is 186 Å². The van der Waals surface area contributed by atoms with Gasteiger partial charge in [0.2, 0.25) is 5.91 Å². The second-order valence-corrected chi connectivity index (χ2v) is 8.92. The fourth-order valence-electron chi connectivity index (χ4n) is 3.07. The molecule has 2 aromatic carbocycles. The van der Waals surface area contributed by atoms with Gasteiger partial charge >= 0.3 is 0 Å². The Morgan fingerprint density at radius 3 is 2.40 bits per heavy atom. The molecule has 0 radical (unpaired) electrons. The average Bonchev–Trinajstić information content (AvgIpc) is 3.29. The van der Waals surface area contributed by atoms with Crippen molar-refractivity contribution in [2.75, 3.05) is 30.8 Å². The fraction of sp³-hybridized carbons (Fsp3) is 0.318. The Morgan fingerprint density at radius 1 is 1.07 bits per heavy atom. The number of carbonyl (C=O) groups is 2. The highest BCUT2D eigenvalue weighted by molar-refractivity contribution is 8.23. The summed E-state index contributed by atoms with van der Waals surface area (Å²) in [7, 11) is 1.56. The highest BCUT2D eigenvalue weighted by Gasteiger charge is 2.21. The maximum Gasteiger partial charge on any atom is 0.255 e. The largest absolute Gasteiger partial charge is 0.495 e. The number of nitrogens with zero attached hydrogens (tertiary/aromatic N) is 1. The topological polar surface area (TPSA) is 70.7 Å². The van der Waals surface area contributed by atoms with Crippen molar-refractivity contribution in [3.05, 3.63) is 54.1 Å². The van der Waals surface area contributed by atoms with Crippen molar-refractivity contribution in [1.82, 2.24) is 4.90 Å². The quantitative estimate of drug-likeness (QED) is 0.646. The van der Waals surface area contributed by atoms with E-state index in [4.69, 9.17) is 17.0 Å². The standard InChI is InChI=1S/C22H25N3O3S2/c1-15(30-22(29)25-13-5-6-14-25)20(26)23-17-11-9-16(10-12-17)21(27)24-18-7-3-4-8-19(18)28-2/h3-4,7-12,15H,5-6,13-14H2,1-2H3,(H,23,26)(H,24,27). The molecule has 0 aliphatic carbocycles. The molecule has 3 rings (SSSR count). The summed E-state index contributed by atoms with van der Waals surface area (Å²) in [6.45, 7) is 3.79. The number of thiocarbonyl (C=S) groups is 1. The average molecular weight is 444 g/mol. The molecular formula is C22H25N3O3S2. The van der Waals surface area contributed by atoms with Crippen molar-refractivity contribution < 1.29 is 14.3 Å². The first-order valence-electron chi connectivity index (χ1n) is 9.79.